The Kier molecular flexibility index (Phi) is 4.20. The van der Waals surface area contributed by atoms with Gasteiger partial charge in [0, 0.05) is 18.9 Å². The van der Waals surface area contributed by atoms with Crippen LogP contribution in [0.3, 0.4) is 0 Å². The van der Waals surface area contributed by atoms with Crippen molar-refractivity contribution in [2.24, 2.45) is 0 Å². The molecule has 0 fully saturated rings. The summed E-state index contributed by atoms with van der Waals surface area (Å²) in [6.07, 6.45) is 4.69. The highest BCUT2D eigenvalue weighted by atomic mass is 16.5. The summed E-state index contributed by atoms with van der Waals surface area (Å²) < 4.78 is 8.09. The summed E-state index contributed by atoms with van der Waals surface area (Å²) in [5.74, 6) is 0.568. The van der Waals surface area contributed by atoms with Gasteiger partial charge in [0.25, 0.3) is 0 Å². The number of rotatable bonds is 5. The Balaban J connectivity index is 2.60. The first-order valence-corrected chi connectivity index (χ1v) is 6.34. The Labute approximate surface area is 116 Å². The molecule has 104 valence electrons. The molecule has 0 spiro atoms. The summed E-state index contributed by atoms with van der Waals surface area (Å²) in [5.41, 5.74) is -0.637. The van der Waals surface area contributed by atoms with E-state index in [-0.39, 0.29) is 0 Å². The van der Waals surface area contributed by atoms with Crippen molar-refractivity contribution in [3.8, 4) is 11.4 Å². The highest BCUT2D eigenvalue weighted by molar-refractivity contribution is 5.46. The molecule has 1 aromatic carbocycles. The molecule has 0 saturated carbocycles. The molecule has 5 heteroatoms. The van der Waals surface area contributed by atoms with E-state index in [1.54, 1.807) is 36.7 Å². The van der Waals surface area contributed by atoms with Crippen LogP contribution in [0.2, 0.25) is 0 Å². The molecular weight excluding hydrogens is 256 g/mol. The van der Waals surface area contributed by atoms with Gasteiger partial charge in [0.05, 0.1) is 12.3 Å². The number of allylic oxidation sites excluding steroid dienone is 1. The van der Waals surface area contributed by atoms with Gasteiger partial charge in [-0.15, -0.1) is 6.58 Å². The molecule has 0 bridgehead atoms. The normalized spacial score (nSPS) is 10.2. The molecule has 1 aromatic heterocycles. The highest BCUT2D eigenvalue weighted by Gasteiger charge is 2.10. The summed E-state index contributed by atoms with van der Waals surface area (Å²) in [6, 6.07) is 7.11. The number of benzene rings is 1. The maximum absolute atomic E-state index is 12.2. The summed E-state index contributed by atoms with van der Waals surface area (Å²) >= 11 is 0. The van der Waals surface area contributed by atoms with E-state index in [9.17, 15) is 9.59 Å². The van der Waals surface area contributed by atoms with E-state index < -0.39 is 11.1 Å². The van der Waals surface area contributed by atoms with Gasteiger partial charge in [-0.3, -0.25) is 14.2 Å². The largest absolute Gasteiger partial charge is 0.492 e. The first-order valence-electron chi connectivity index (χ1n) is 6.34. The van der Waals surface area contributed by atoms with E-state index >= 15 is 0 Å². The van der Waals surface area contributed by atoms with Crippen molar-refractivity contribution in [1.29, 1.82) is 0 Å². The van der Waals surface area contributed by atoms with Crippen LogP contribution in [0.5, 0.6) is 5.75 Å². The van der Waals surface area contributed by atoms with Gasteiger partial charge < -0.3 is 9.30 Å². The predicted octanol–water partition coefficient (Wildman–Crippen LogP) is 1.58. The Morgan fingerprint density at radius 1 is 1.20 bits per heavy atom. The minimum absolute atomic E-state index is 0.308. The minimum Gasteiger partial charge on any atom is -0.492 e. The van der Waals surface area contributed by atoms with Crippen LogP contribution in [-0.2, 0) is 6.54 Å². The van der Waals surface area contributed by atoms with Crippen LogP contribution in [-0.4, -0.2) is 15.7 Å². The maximum Gasteiger partial charge on any atom is 0.321 e. The standard InChI is InChI=1S/C15H16N2O3/c1-3-9-16-10-11-17(15(19)14(16)18)12-7-5-6-8-13(12)20-4-2/h3,5-8,10-11H,1,4,9H2,2H3. The third kappa shape index (κ3) is 2.56. The number of aromatic nitrogens is 2. The van der Waals surface area contributed by atoms with E-state index in [0.717, 1.165) is 0 Å². The third-order valence-corrected chi connectivity index (χ3v) is 2.81. The molecule has 5 nitrogen and oxygen atoms in total. The molecule has 20 heavy (non-hydrogen) atoms. The third-order valence-electron chi connectivity index (χ3n) is 2.81. The average Bonchev–Trinajstić information content (AvgIpc) is 2.46. The van der Waals surface area contributed by atoms with Crippen LogP contribution in [0.15, 0.2) is 58.9 Å². The number of nitrogens with zero attached hydrogens (tertiary/aromatic N) is 2. The smallest absolute Gasteiger partial charge is 0.321 e. The second-order valence-electron chi connectivity index (χ2n) is 4.12. The van der Waals surface area contributed by atoms with Gasteiger partial charge in [-0.2, -0.15) is 0 Å². The van der Waals surface area contributed by atoms with E-state index in [1.807, 2.05) is 13.0 Å². The molecular formula is C15H16N2O3. The zero-order valence-corrected chi connectivity index (χ0v) is 11.3. The van der Waals surface area contributed by atoms with Crippen molar-refractivity contribution in [2.75, 3.05) is 6.61 Å². The van der Waals surface area contributed by atoms with Crippen LogP contribution in [0.25, 0.3) is 5.69 Å². The van der Waals surface area contributed by atoms with Crippen LogP contribution in [0.1, 0.15) is 6.92 Å². The fourth-order valence-electron chi connectivity index (χ4n) is 1.91. The summed E-state index contributed by atoms with van der Waals surface area (Å²) in [7, 11) is 0. The molecule has 1 heterocycles. The van der Waals surface area contributed by atoms with Crippen LogP contribution >= 0.6 is 0 Å². The van der Waals surface area contributed by atoms with Crippen molar-refractivity contribution >= 4 is 0 Å². The van der Waals surface area contributed by atoms with Crippen LogP contribution < -0.4 is 15.9 Å². The van der Waals surface area contributed by atoms with E-state index in [2.05, 4.69) is 6.58 Å². The lowest BCUT2D eigenvalue weighted by Crippen LogP contribution is -2.39. The van der Waals surface area contributed by atoms with Crippen LogP contribution in [0, 0.1) is 0 Å². The highest BCUT2D eigenvalue weighted by Crippen LogP contribution is 2.20. The van der Waals surface area contributed by atoms with Gasteiger partial charge in [-0.05, 0) is 19.1 Å². The molecule has 0 atom stereocenters. The lowest BCUT2D eigenvalue weighted by molar-refractivity contribution is 0.339. The Morgan fingerprint density at radius 2 is 1.95 bits per heavy atom. The monoisotopic (exact) mass is 272 g/mol. The first kappa shape index (κ1) is 13.9. The number of ether oxygens (including phenoxy) is 1. The number of hydrogen-bond donors (Lipinski definition) is 0. The molecule has 0 aliphatic rings. The molecule has 2 rings (SSSR count). The topological polar surface area (TPSA) is 53.2 Å². The first-order chi connectivity index (χ1) is 9.69. The van der Waals surface area contributed by atoms with Crippen molar-refractivity contribution in [3.63, 3.8) is 0 Å². The fraction of sp³-hybridized carbons (Fsp3) is 0.200. The summed E-state index contributed by atoms with van der Waals surface area (Å²) in [5, 5.41) is 0. The molecule has 0 aliphatic heterocycles. The van der Waals surface area contributed by atoms with E-state index in [4.69, 9.17) is 4.74 Å². The quantitative estimate of drug-likeness (QED) is 0.613. The molecule has 0 amide bonds. The van der Waals surface area contributed by atoms with Gasteiger partial charge >= 0.3 is 11.1 Å². The molecule has 0 saturated heterocycles. The summed E-state index contributed by atoms with van der Waals surface area (Å²) in [4.78, 5) is 24.1. The van der Waals surface area contributed by atoms with Crippen molar-refractivity contribution in [2.45, 2.75) is 13.5 Å². The number of hydrogen-bond acceptors (Lipinski definition) is 3. The average molecular weight is 272 g/mol. The molecule has 0 radical (unpaired) electrons. The minimum atomic E-state index is -0.610. The van der Waals surface area contributed by atoms with Crippen molar-refractivity contribution in [1.82, 2.24) is 9.13 Å². The van der Waals surface area contributed by atoms with Crippen molar-refractivity contribution in [3.05, 3.63) is 70.0 Å². The molecule has 0 N–H and O–H groups in total. The lowest BCUT2D eigenvalue weighted by Gasteiger charge is -2.12. The SMILES string of the molecule is C=CCn1ccn(-c2ccccc2OCC)c(=O)c1=O. The maximum atomic E-state index is 12.2. The lowest BCUT2D eigenvalue weighted by atomic mass is 10.3. The Bertz CT molecular complexity index is 728. The van der Waals surface area contributed by atoms with Crippen LogP contribution in [0.4, 0.5) is 0 Å². The van der Waals surface area contributed by atoms with Gasteiger partial charge in [-0.25, -0.2) is 0 Å². The number of para-hydroxylation sites is 2. The van der Waals surface area contributed by atoms with Gasteiger partial charge in [0.15, 0.2) is 0 Å². The van der Waals surface area contributed by atoms with Gasteiger partial charge in [0.1, 0.15) is 5.75 Å². The zero-order chi connectivity index (χ0) is 14.5. The second-order valence-corrected chi connectivity index (χ2v) is 4.12. The molecule has 0 unspecified atom stereocenters. The fourth-order valence-corrected chi connectivity index (χ4v) is 1.91. The molecule has 0 aliphatic carbocycles. The van der Waals surface area contributed by atoms with E-state index in [1.165, 1.54) is 9.13 Å². The molecule has 2 aromatic rings. The Morgan fingerprint density at radius 3 is 2.65 bits per heavy atom. The second kappa shape index (κ2) is 6.06. The zero-order valence-electron chi connectivity index (χ0n) is 11.3. The van der Waals surface area contributed by atoms with Gasteiger partial charge in [-0.1, -0.05) is 18.2 Å². The van der Waals surface area contributed by atoms with E-state index in [0.29, 0.717) is 24.6 Å². The summed E-state index contributed by atoms with van der Waals surface area (Å²) in [6.45, 7) is 6.21. The van der Waals surface area contributed by atoms with Gasteiger partial charge in [0.2, 0.25) is 0 Å². The Hall–Kier alpha value is -2.56. The predicted molar refractivity (Wildman–Crippen MR) is 77.7 cm³/mol. The van der Waals surface area contributed by atoms with Crippen molar-refractivity contribution < 1.29 is 4.74 Å².